The van der Waals surface area contributed by atoms with Crippen LogP contribution in [0.5, 0.6) is 0 Å². The van der Waals surface area contributed by atoms with E-state index >= 15 is 0 Å². The molecule has 8 heteroatoms. The Kier molecular flexibility index (Phi) is 3.59. The number of hydrogen-bond donors (Lipinski definition) is 1. The lowest BCUT2D eigenvalue weighted by Crippen LogP contribution is -2.39. The van der Waals surface area contributed by atoms with Crippen molar-refractivity contribution in [3.8, 4) is 0 Å². The van der Waals surface area contributed by atoms with Gasteiger partial charge in [-0.1, -0.05) is 0 Å². The first-order chi connectivity index (χ1) is 9.54. The van der Waals surface area contributed by atoms with Gasteiger partial charge in [-0.05, 0) is 12.1 Å². The van der Waals surface area contributed by atoms with Crippen LogP contribution < -0.4 is 5.32 Å². The van der Waals surface area contributed by atoms with Crippen molar-refractivity contribution < 1.29 is 13.2 Å². The molecule has 2 aromatic heterocycles. The minimum atomic E-state index is -4.35. The summed E-state index contributed by atoms with van der Waals surface area (Å²) in [6, 6.07) is 2.61. The normalized spacial score (nSPS) is 20.4. The first-order valence-corrected chi connectivity index (χ1v) is 7.41. The number of pyridine rings is 1. The van der Waals surface area contributed by atoms with E-state index in [1.807, 2.05) is 11.8 Å². The summed E-state index contributed by atoms with van der Waals surface area (Å²) >= 11 is 1.84. The van der Waals surface area contributed by atoms with E-state index in [4.69, 9.17) is 0 Å². The van der Waals surface area contributed by atoms with Crippen LogP contribution in [-0.2, 0) is 12.6 Å². The molecule has 1 N–H and O–H groups in total. The highest BCUT2D eigenvalue weighted by Gasteiger charge is 2.31. The Morgan fingerprint density at radius 2 is 2.20 bits per heavy atom. The van der Waals surface area contributed by atoms with Gasteiger partial charge >= 0.3 is 6.18 Å². The van der Waals surface area contributed by atoms with Crippen LogP contribution in [0.3, 0.4) is 0 Å². The van der Waals surface area contributed by atoms with E-state index in [2.05, 4.69) is 15.5 Å². The molecule has 1 aliphatic rings. The molecule has 0 saturated carbocycles. The highest BCUT2D eigenvalue weighted by Crippen LogP contribution is 2.29. The van der Waals surface area contributed by atoms with E-state index < -0.39 is 11.7 Å². The molecule has 1 unspecified atom stereocenters. The molecule has 1 saturated heterocycles. The molecular weight excluding hydrogens is 289 g/mol. The third kappa shape index (κ3) is 2.76. The number of hydrogen-bond acceptors (Lipinski definition) is 4. The Morgan fingerprint density at radius 3 is 2.90 bits per heavy atom. The Bertz CT molecular complexity index is 604. The number of fused-ring (bicyclic) bond motifs is 1. The molecule has 4 nitrogen and oxygen atoms in total. The van der Waals surface area contributed by atoms with Gasteiger partial charge in [-0.25, -0.2) is 0 Å². The first kappa shape index (κ1) is 13.7. The fraction of sp³-hybridized carbons (Fsp3) is 0.500. The largest absolute Gasteiger partial charge is 0.417 e. The van der Waals surface area contributed by atoms with Crippen LogP contribution in [0, 0.1) is 0 Å². The summed E-state index contributed by atoms with van der Waals surface area (Å²) in [5.41, 5.74) is -0.242. The second kappa shape index (κ2) is 5.25. The van der Waals surface area contributed by atoms with Crippen molar-refractivity contribution in [2.75, 3.05) is 18.1 Å². The fourth-order valence-electron chi connectivity index (χ4n) is 2.22. The molecule has 0 amide bonds. The second-order valence-electron chi connectivity index (χ2n) is 4.69. The molecule has 0 bridgehead atoms. The van der Waals surface area contributed by atoms with Crippen molar-refractivity contribution in [3.63, 3.8) is 0 Å². The summed E-state index contributed by atoms with van der Waals surface area (Å²) in [7, 11) is 0. The van der Waals surface area contributed by atoms with Crippen molar-refractivity contribution in [1.82, 2.24) is 19.9 Å². The van der Waals surface area contributed by atoms with Crippen LogP contribution >= 0.6 is 11.8 Å². The molecule has 108 valence electrons. The third-order valence-electron chi connectivity index (χ3n) is 3.23. The summed E-state index contributed by atoms with van der Waals surface area (Å²) in [4.78, 5) is 0. The van der Waals surface area contributed by atoms with Crippen LogP contribution in [0.2, 0.25) is 0 Å². The van der Waals surface area contributed by atoms with E-state index in [9.17, 15) is 13.2 Å². The zero-order valence-corrected chi connectivity index (χ0v) is 11.3. The summed E-state index contributed by atoms with van der Waals surface area (Å²) in [6.07, 6.45) is -2.70. The lowest BCUT2D eigenvalue weighted by Gasteiger charge is -2.22. The second-order valence-corrected chi connectivity index (χ2v) is 5.84. The number of nitrogens with zero attached hydrogens (tertiary/aromatic N) is 3. The van der Waals surface area contributed by atoms with Gasteiger partial charge in [0.2, 0.25) is 0 Å². The minimum Gasteiger partial charge on any atom is -0.312 e. The molecule has 1 fully saturated rings. The molecule has 2 aromatic rings. The van der Waals surface area contributed by atoms with Crippen molar-refractivity contribution in [2.45, 2.75) is 18.6 Å². The molecule has 1 aliphatic heterocycles. The lowest BCUT2D eigenvalue weighted by atomic mass is 10.2. The highest BCUT2D eigenvalue weighted by molar-refractivity contribution is 7.99. The first-order valence-electron chi connectivity index (χ1n) is 6.26. The van der Waals surface area contributed by atoms with E-state index in [0.29, 0.717) is 17.9 Å². The standard InChI is InChI=1S/C12H13F3N4S/c13-12(14,15)8-1-2-10-17-18-11(19(10)6-8)5-9-7-20-4-3-16-9/h1-2,6,9,16H,3-5,7H2. The summed E-state index contributed by atoms with van der Waals surface area (Å²) in [6.45, 7) is 0.917. The van der Waals surface area contributed by atoms with E-state index in [-0.39, 0.29) is 6.04 Å². The smallest absolute Gasteiger partial charge is 0.312 e. The van der Waals surface area contributed by atoms with Crippen LogP contribution in [0.4, 0.5) is 13.2 Å². The Labute approximate surface area is 117 Å². The Hall–Kier alpha value is -1.28. The molecule has 0 radical (unpaired) electrons. The average Bonchev–Trinajstić information content (AvgIpc) is 2.82. The van der Waals surface area contributed by atoms with E-state index in [0.717, 1.165) is 30.3 Å². The van der Waals surface area contributed by atoms with Gasteiger partial charge in [-0.3, -0.25) is 4.40 Å². The van der Waals surface area contributed by atoms with Crippen LogP contribution in [0.15, 0.2) is 18.3 Å². The van der Waals surface area contributed by atoms with Gasteiger partial charge < -0.3 is 5.32 Å². The maximum atomic E-state index is 12.7. The monoisotopic (exact) mass is 302 g/mol. The number of rotatable bonds is 2. The van der Waals surface area contributed by atoms with Gasteiger partial charge in [0.05, 0.1) is 5.56 Å². The maximum absolute atomic E-state index is 12.7. The van der Waals surface area contributed by atoms with Gasteiger partial charge in [0, 0.05) is 36.7 Å². The predicted octanol–water partition coefficient (Wildman–Crippen LogP) is 2.00. The number of nitrogens with one attached hydrogen (secondary N) is 1. The quantitative estimate of drug-likeness (QED) is 0.921. The maximum Gasteiger partial charge on any atom is 0.417 e. The zero-order valence-electron chi connectivity index (χ0n) is 10.5. The molecule has 0 spiro atoms. The minimum absolute atomic E-state index is 0.232. The van der Waals surface area contributed by atoms with Crippen LogP contribution in [-0.4, -0.2) is 38.7 Å². The number of thioether (sulfide) groups is 1. The van der Waals surface area contributed by atoms with Crippen LogP contribution in [0.1, 0.15) is 11.4 Å². The molecule has 20 heavy (non-hydrogen) atoms. The highest BCUT2D eigenvalue weighted by atomic mass is 32.2. The fourth-order valence-corrected chi connectivity index (χ4v) is 3.17. The van der Waals surface area contributed by atoms with Gasteiger partial charge in [0.1, 0.15) is 5.82 Å². The number of halogens is 3. The topological polar surface area (TPSA) is 42.2 Å². The molecule has 3 rings (SSSR count). The summed E-state index contributed by atoms with van der Waals surface area (Å²) in [5.74, 6) is 2.56. The van der Waals surface area contributed by atoms with Gasteiger partial charge in [0.25, 0.3) is 0 Å². The SMILES string of the molecule is FC(F)(F)c1ccc2nnc(CC3CSCCN3)n2c1. The average molecular weight is 302 g/mol. The van der Waals surface area contributed by atoms with Crippen molar-refractivity contribution in [1.29, 1.82) is 0 Å². The molecule has 3 heterocycles. The van der Waals surface area contributed by atoms with Crippen molar-refractivity contribution in [3.05, 3.63) is 29.7 Å². The van der Waals surface area contributed by atoms with Gasteiger partial charge in [-0.2, -0.15) is 24.9 Å². The van der Waals surface area contributed by atoms with E-state index in [1.165, 1.54) is 10.5 Å². The van der Waals surface area contributed by atoms with Gasteiger partial charge in [-0.15, -0.1) is 10.2 Å². The molecule has 1 atom stereocenters. The number of aromatic nitrogens is 3. The Morgan fingerprint density at radius 1 is 1.35 bits per heavy atom. The Balaban J connectivity index is 1.90. The van der Waals surface area contributed by atoms with Gasteiger partial charge in [0.15, 0.2) is 5.65 Å². The van der Waals surface area contributed by atoms with E-state index in [1.54, 1.807) is 0 Å². The predicted molar refractivity (Wildman–Crippen MR) is 70.8 cm³/mol. The van der Waals surface area contributed by atoms with Crippen LogP contribution in [0.25, 0.3) is 5.65 Å². The lowest BCUT2D eigenvalue weighted by molar-refractivity contribution is -0.137. The summed E-state index contributed by atoms with van der Waals surface area (Å²) in [5, 5.41) is 11.3. The zero-order chi connectivity index (χ0) is 14.2. The molecule has 0 aliphatic carbocycles. The third-order valence-corrected chi connectivity index (χ3v) is 4.36. The molecular formula is C12H13F3N4S. The number of alkyl halides is 3. The molecule has 0 aromatic carbocycles. The summed E-state index contributed by atoms with van der Waals surface area (Å²) < 4.78 is 39.7. The van der Waals surface area contributed by atoms with Crippen molar-refractivity contribution >= 4 is 17.4 Å². The van der Waals surface area contributed by atoms with Crippen molar-refractivity contribution in [2.24, 2.45) is 0 Å².